The zero-order valence-electron chi connectivity index (χ0n) is 15.5. The first-order valence-corrected chi connectivity index (χ1v) is 9.75. The van der Waals surface area contributed by atoms with Crippen molar-refractivity contribution in [1.82, 2.24) is 10.2 Å². The molecule has 3 heterocycles. The van der Waals surface area contributed by atoms with Crippen molar-refractivity contribution in [3.05, 3.63) is 0 Å². The minimum Gasteiger partial charge on any atom is -0.381 e. The van der Waals surface area contributed by atoms with E-state index in [-0.39, 0.29) is 12.2 Å². The maximum absolute atomic E-state index is 5.92. The third-order valence-corrected chi connectivity index (χ3v) is 5.11. The van der Waals surface area contributed by atoms with Gasteiger partial charge in [0.25, 0.3) is 0 Å². The third kappa shape index (κ3) is 5.81. The van der Waals surface area contributed by atoms with Crippen molar-refractivity contribution in [3.63, 3.8) is 0 Å². The predicted molar refractivity (Wildman–Crippen MR) is 96.1 cm³/mol. The van der Waals surface area contributed by atoms with Gasteiger partial charge in [0.15, 0.2) is 5.96 Å². The predicted octanol–water partition coefficient (Wildman–Crippen LogP) is 1.03. The Labute approximate surface area is 151 Å². The Bertz CT molecular complexity index is 409. The van der Waals surface area contributed by atoms with Gasteiger partial charge in [-0.3, -0.25) is 4.99 Å². The van der Waals surface area contributed by atoms with E-state index in [1.54, 1.807) is 0 Å². The number of rotatable bonds is 6. The van der Waals surface area contributed by atoms with Crippen molar-refractivity contribution in [2.75, 3.05) is 59.7 Å². The van der Waals surface area contributed by atoms with Crippen LogP contribution in [-0.4, -0.2) is 88.9 Å². The van der Waals surface area contributed by atoms with Crippen LogP contribution in [0.3, 0.4) is 0 Å². The molecule has 0 radical (unpaired) electrons. The molecule has 7 nitrogen and oxygen atoms in total. The van der Waals surface area contributed by atoms with E-state index in [2.05, 4.69) is 15.2 Å². The standard InChI is InChI=1S/C18H33N3O4/c1-19-18(20-7-3-10-23-15-5-11-22-12-6-15)21-8-13-25-17(14-21)16-4-2-9-24-16/h15-17H,2-14H2,1H3,(H,19,20). The number of nitrogens with one attached hydrogen (secondary N) is 1. The van der Waals surface area contributed by atoms with Gasteiger partial charge in [0.1, 0.15) is 6.10 Å². The molecule has 0 aromatic rings. The largest absolute Gasteiger partial charge is 0.381 e. The van der Waals surface area contributed by atoms with Crippen LogP contribution in [0.15, 0.2) is 4.99 Å². The van der Waals surface area contributed by atoms with Crippen LogP contribution in [0.2, 0.25) is 0 Å². The second-order valence-electron chi connectivity index (χ2n) is 6.92. The summed E-state index contributed by atoms with van der Waals surface area (Å²) >= 11 is 0. The topological polar surface area (TPSA) is 64.6 Å². The average molecular weight is 355 g/mol. The highest BCUT2D eigenvalue weighted by molar-refractivity contribution is 5.80. The molecule has 3 rings (SSSR count). The summed E-state index contributed by atoms with van der Waals surface area (Å²) in [6.45, 7) is 6.65. The molecule has 3 aliphatic heterocycles. The molecular weight excluding hydrogens is 322 g/mol. The van der Waals surface area contributed by atoms with Crippen molar-refractivity contribution in [2.24, 2.45) is 4.99 Å². The van der Waals surface area contributed by atoms with Gasteiger partial charge in [-0.1, -0.05) is 0 Å². The van der Waals surface area contributed by atoms with E-state index < -0.39 is 0 Å². The van der Waals surface area contributed by atoms with Crippen LogP contribution in [0.5, 0.6) is 0 Å². The smallest absolute Gasteiger partial charge is 0.193 e. The van der Waals surface area contributed by atoms with E-state index in [1.807, 2.05) is 7.05 Å². The maximum atomic E-state index is 5.92. The average Bonchev–Trinajstić information content (AvgIpc) is 3.20. The highest BCUT2D eigenvalue weighted by atomic mass is 16.5. The van der Waals surface area contributed by atoms with Crippen molar-refractivity contribution in [3.8, 4) is 0 Å². The fourth-order valence-electron chi connectivity index (χ4n) is 3.69. The molecule has 0 amide bonds. The summed E-state index contributed by atoms with van der Waals surface area (Å²) < 4.78 is 23.0. The molecule has 2 atom stereocenters. The molecule has 0 spiro atoms. The minimum atomic E-state index is 0.159. The summed E-state index contributed by atoms with van der Waals surface area (Å²) in [5.74, 6) is 0.956. The number of hydrogen-bond acceptors (Lipinski definition) is 5. The highest BCUT2D eigenvalue weighted by Gasteiger charge is 2.32. The molecule has 3 saturated heterocycles. The monoisotopic (exact) mass is 355 g/mol. The van der Waals surface area contributed by atoms with Crippen LogP contribution in [0, 0.1) is 0 Å². The van der Waals surface area contributed by atoms with Crippen LogP contribution in [0.1, 0.15) is 32.1 Å². The number of hydrogen-bond donors (Lipinski definition) is 1. The van der Waals surface area contributed by atoms with Gasteiger partial charge < -0.3 is 29.2 Å². The molecule has 3 aliphatic rings. The van der Waals surface area contributed by atoms with Crippen LogP contribution < -0.4 is 5.32 Å². The van der Waals surface area contributed by atoms with Gasteiger partial charge in [-0.05, 0) is 32.1 Å². The van der Waals surface area contributed by atoms with Crippen LogP contribution in [0.4, 0.5) is 0 Å². The number of ether oxygens (including phenoxy) is 4. The molecule has 7 heteroatoms. The number of guanidine groups is 1. The molecule has 0 aromatic carbocycles. The molecular formula is C18H33N3O4. The molecule has 25 heavy (non-hydrogen) atoms. The Morgan fingerprint density at radius 1 is 1.12 bits per heavy atom. The van der Waals surface area contributed by atoms with Crippen LogP contribution >= 0.6 is 0 Å². The van der Waals surface area contributed by atoms with Crippen molar-refractivity contribution in [2.45, 2.75) is 50.4 Å². The molecule has 0 aliphatic carbocycles. The lowest BCUT2D eigenvalue weighted by molar-refractivity contribution is -0.0817. The summed E-state index contributed by atoms with van der Waals surface area (Å²) in [7, 11) is 1.84. The number of aliphatic imine (C=N–C) groups is 1. The Morgan fingerprint density at radius 2 is 1.96 bits per heavy atom. The summed E-state index contributed by atoms with van der Waals surface area (Å²) in [5, 5.41) is 3.46. The Balaban J connectivity index is 1.34. The first kappa shape index (κ1) is 18.9. The van der Waals surface area contributed by atoms with E-state index >= 15 is 0 Å². The molecule has 0 aromatic heterocycles. The third-order valence-electron chi connectivity index (χ3n) is 5.11. The van der Waals surface area contributed by atoms with E-state index in [0.29, 0.717) is 6.10 Å². The normalized spacial score (nSPS) is 29.2. The summed E-state index contributed by atoms with van der Waals surface area (Å²) in [5.41, 5.74) is 0. The SMILES string of the molecule is CN=C(NCCCOC1CCOCC1)N1CCOC(C2CCCO2)C1. The minimum absolute atomic E-state index is 0.159. The van der Waals surface area contributed by atoms with Gasteiger partial charge >= 0.3 is 0 Å². The molecule has 144 valence electrons. The fraction of sp³-hybridized carbons (Fsp3) is 0.944. The summed E-state index contributed by atoms with van der Waals surface area (Å²) in [4.78, 5) is 6.72. The van der Waals surface area contributed by atoms with Crippen molar-refractivity contribution in [1.29, 1.82) is 0 Å². The summed E-state index contributed by atoms with van der Waals surface area (Å²) in [6.07, 6.45) is 6.05. The van der Waals surface area contributed by atoms with E-state index in [4.69, 9.17) is 18.9 Å². The highest BCUT2D eigenvalue weighted by Crippen LogP contribution is 2.21. The summed E-state index contributed by atoms with van der Waals surface area (Å²) in [6, 6.07) is 0. The van der Waals surface area contributed by atoms with Gasteiger partial charge in [0.2, 0.25) is 0 Å². The van der Waals surface area contributed by atoms with E-state index in [0.717, 1.165) is 90.7 Å². The van der Waals surface area contributed by atoms with Gasteiger partial charge in [-0.25, -0.2) is 0 Å². The molecule has 0 bridgehead atoms. The first-order valence-electron chi connectivity index (χ1n) is 9.75. The van der Waals surface area contributed by atoms with Crippen molar-refractivity contribution < 1.29 is 18.9 Å². The fourth-order valence-corrected chi connectivity index (χ4v) is 3.69. The Morgan fingerprint density at radius 3 is 2.72 bits per heavy atom. The second-order valence-corrected chi connectivity index (χ2v) is 6.92. The van der Waals surface area contributed by atoms with Gasteiger partial charge in [0.05, 0.1) is 18.8 Å². The number of morpholine rings is 1. The Kier molecular flexibility index (Phi) is 7.79. The van der Waals surface area contributed by atoms with Crippen LogP contribution in [-0.2, 0) is 18.9 Å². The van der Waals surface area contributed by atoms with Gasteiger partial charge in [-0.15, -0.1) is 0 Å². The van der Waals surface area contributed by atoms with E-state index in [9.17, 15) is 0 Å². The first-order chi connectivity index (χ1) is 12.4. The number of nitrogens with zero attached hydrogens (tertiary/aromatic N) is 2. The van der Waals surface area contributed by atoms with Crippen molar-refractivity contribution >= 4 is 5.96 Å². The Hall–Kier alpha value is -0.890. The van der Waals surface area contributed by atoms with Crippen LogP contribution in [0.25, 0.3) is 0 Å². The lowest BCUT2D eigenvalue weighted by atomic mass is 10.1. The van der Waals surface area contributed by atoms with Gasteiger partial charge in [0, 0.05) is 53.1 Å². The zero-order chi connectivity index (χ0) is 17.3. The second kappa shape index (κ2) is 10.3. The quantitative estimate of drug-likeness (QED) is 0.436. The van der Waals surface area contributed by atoms with E-state index in [1.165, 1.54) is 0 Å². The molecule has 0 saturated carbocycles. The van der Waals surface area contributed by atoms with Gasteiger partial charge in [-0.2, -0.15) is 0 Å². The zero-order valence-corrected chi connectivity index (χ0v) is 15.5. The maximum Gasteiger partial charge on any atom is 0.193 e. The molecule has 1 N–H and O–H groups in total. The lowest BCUT2D eigenvalue weighted by Gasteiger charge is -2.37. The molecule has 2 unspecified atom stereocenters. The lowest BCUT2D eigenvalue weighted by Crippen LogP contribution is -2.53. The molecule has 3 fully saturated rings.